The van der Waals surface area contributed by atoms with Crippen LogP contribution >= 0.6 is 0 Å². The number of aliphatic hydroxyl groups is 1. The maximum absolute atomic E-state index is 12.7. The number of aliphatic hydroxyl groups excluding tert-OH is 1. The Balaban J connectivity index is 2.08. The fourth-order valence-electron chi connectivity index (χ4n) is 2.90. The average molecular weight is 318 g/mol. The highest BCUT2D eigenvalue weighted by Gasteiger charge is 2.27. The number of nitrogens with one attached hydrogen (secondary N) is 1. The van der Waals surface area contributed by atoms with Gasteiger partial charge in [-0.05, 0) is 44.4 Å². The van der Waals surface area contributed by atoms with Gasteiger partial charge in [-0.15, -0.1) is 0 Å². The van der Waals surface area contributed by atoms with Gasteiger partial charge in [0.1, 0.15) is 0 Å². The van der Waals surface area contributed by atoms with E-state index < -0.39 is 6.10 Å². The second-order valence-electron chi connectivity index (χ2n) is 6.23. The van der Waals surface area contributed by atoms with Crippen LogP contribution in [0.3, 0.4) is 0 Å². The van der Waals surface area contributed by atoms with E-state index in [9.17, 15) is 14.7 Å². The zero-order chi connectivity index (χ0) is 16.8. The second-order valence-corrected chi connectivity index (χ2v) is 6.23. The molecular formula is C18H26N2O3. The van der Waals surface area contributed by atoms with Crippen LogP contribution in [-0.4, -0.2) is 47.6 Å². The van der Waals surface area contributed by atoms with Crippen molar-refractivity contribution in [3.63, 3.8) is 0 Å². The summed E-state index contributed by atoms with van der Waals surface area (Å²) in [5.41, 5.74) is 1.04. The maximum atomic E-state index is 12.7. The summed E-state index contributed by atoms with van der Waals surface area (Å²) in [7, 11) is 0. The van der Waals surface area contributed by atoms with Crippen LogP contribution in [0.25, 0.3) is 0 Å². The van der Waals surface area contributed by atoms with Gasteiger partial charge in [-0.2, -0.15) is 0 Å². The number of piperidine rings is 1. The van der Waals surface area contributed by atoms with Gasteiger partial charge in [0.15, 0.2) is 0 Å². The number of amides is 2. The van der Waals surface area contributed by atoms with Gasteiger partial charge in [-0.1, -0.05) is 13.0 Å². The lowest BCUT2D eigenvalue weighted by Gasteiger charge is -2.34. The molecule has 5 heteroatoms. The van der Waals surface area contributed by atoms with Gasteiger partial charge < -0.3 is 15.3 Å². The van der Waals surface area contributed by atoms with E-state index >= 15 is 0 Å². The van der Waals surface area contributed by atoms with E-state index in [0.717, 1.165) is 19.3 Å². The first kappa shape index (κ1) is 17.5. The minimum Gasteiger partial charge on any atom is -0.393 e. The fourth-order valence-corrected chi connectivity index (χ4v) is 2.90. The first-order chi connectivity index (χ1) is 11.0. The van der Waals surface area contributed by atoms with Crippen molar-refractivity contribution in [3.8, 4) is 0 Å². The number of carbonyl (C=O) groups is 2. The molecule has 2 N–H and O–H groups in total. The molecule has 0 aromatic heterocycles. The SMILES string of the molecule is CCCNC(=O)c1cccc(C(=O)N2CCCC(C(C)O)C2)c1. The molecule has 126 valence electrons. The van der Waals surface area contributed by atoms with E-state index in [1.807, 2.05) is 6.92 Å². The summed E-state index contributed by atoms with van der Waals surface area (Å²) in [4.78, 5) is 26.5. The Morgan fingerprint density at radius 1 is 1.39 bits per heavy atom. The van der Waals surface area contributed by atoms with Gasteiger partial charge in [0, 0.05) is 36.7 Å². The highest BCUT2D eigenvalue weighted by atomic mass is 16.3. The van der Waals surface area contributed by atoms with Crippen molar-refractivity contribution in [1.29, 1.82) is 0 Å². The molecule has 0 spiro atoms. The average Bonchev–Trinajstić information content (AvgIpc) is 2.59. The Hall–Kier alpha value is -1.88. The van der Waals surface area contributed by atoms with Gasteiger partial charge in [-0.25, -0.2) is 0 Å². The molecule has 1 aliphatic heterocycles. The normalized spacial score (nSPS) is 19.3. The van der Waals surface area contributed by atoms with E-state index in [1.54, 1.807) is 36.1 Å². The molecule has 1 aliphatic rings. The monoisotopic (exact) mass is 318 g/mol. The van der Waals surface area contributed by atoms with Crippen LogP contribution in [0, 0.1) is 5.92 Å². The molecule has 5 nitrogen and oxygen atoms in total. The lowest BCUT2D eigenvalue weighted by molar-refractivity contribution is 0.0466. The van der Waals surface area contributed by atoms with E-state index in [2.05, 4.69) is 5.32 Å². The van der Waals surface area contributed by atoms with Crippen molar-refractivity contribution in [2.45, 2.75) is 39.2 Å². The van der Waals surface area contributed by atoms with Crippen LogP contribution in [0.15, 0.2) is 24.3 Å². The molecule has 0 bridgehead atoms. The predicted octanol–water partition coefficient (Wildman–Crippen LogP) is 2.06. The largest absolute Gasteiger partial charge is 0.393 e. The fraction of sp³-hybridized carbons (Fsp3) is 0.556. The molecule has 0 saturated carbocycles. The first-order valence-corrected chi connectivity index (χ1v) is 8.38. The molecule has 1 saturated heterocycles. The molecule has 2 amide bonds. The second kappa shape index (κ2) is 8.11. The lowest BCUT2D eigenvalue weighted by atomic mass is 9.93. The number of carbonyl (C=O) groups excluding carboxylic acids is 2. The molecular weight excluding hydrogens is 292 g/mol. The quantitative estimate of drug-likeness (QED) is 0.873. The van der Waals surface area contributed by atoms with Gasteiger partial charge in [0.2, 0.25) is 0 Å². The molecule has 2 unspecified atom stereocenters. The van der Waals surface area contributed by atoms with E-state index in [0.29, 0.717) is 30.8 Å². The maximum Gasteiger partial charge on any atom is 0.253 e. The summed E-state index contributed by atoms with van der Waals surface area (Å²) in [6, 6.07) is 6.85. The molecule has 1 aromatic rings. The third-order valence-corrected chi connectivity index (χ3v) is 4.33. The predicted molar refractivity (Wildman–Crippen MR) is 89.4 cm³/mol. The Bertz CT molecular complexity index is 557. The Kier molecular flexibility index (Phi) is 6.16. The van der Waals surface area contributed by atoms with Crippen molar-refractivity contribution in [2.75, 3.05) is 19.6 Å². The van der Waals surface area contributed by atoms with Crippen molar-refractivity contribution in [3.05, 3.63) is 35.4 Å². The first-order valence-electron chi connectivity index (χ1n) is 8.38. The highest BCUT2D eigenvalue weighted by Crippen LogP contribution is 2.21. The standard InChI is InChI=1S/C18H26N2O3/c1-3-9-19-17(22)14-6-4-7-15(11-14)18(23)20-10-5-8-16(12-20)13(2)21/h4,6-7,11,13,16,21H,3,5,8-10,12H2,1-2H3,(H,19,22). The minimum atomic E-state index is -0.406. The highest BCUT2D eigenvalue weighted by molar-refractivity contribution is 5.99. The third kappa shape index (κ3) is 4.55. The topological polar surface area (TPSA) is 69.6 Å². The molecule has 2 atom stereocenters. The third-order valence-electron chi connectivity index (χ3n) is 4.33. The summed E-state index contributed by atoms with van der Waals surface area (Å²) in [6.45, 7) is 5.67. The zero-order valence-electron chi connectivity index (χ0n) is 13.9. The smallest absolute Gasteiger partial charge is 0.253 e. The minimum absolute atomic E-state index is 0.0690. The molecule has 1 aromatic carbocycles. The molecule has 2 rings (SSSR count). The molecule has 0 aliphatic carbocycles. The van der Waals surface area contributed by atoms with Crippen molar-refractivity contribution < 1.29 is 14.7 Å². The van der Waals surface area contributed by atoms with Crippen molar-refractivity contribution in [1.82, 2.24) is 10.2 Å². The van der Waals surface area contributed by atoms with Crippen LogP contribution in [0.5, 0.6) is 0 Å². The van der Waals surface area contributed by atoms with Gasteiger partial charge >= 0.3 is 0 Å². The number of likely N-dealkylation sites (tertiary alicyclic amines) is 1. The summed E-state index contributed by atoms with van der Waals surface area (Å²) >= 11 is 0. The summed E-state index contributed by atoms with van der Waals surface area (Å²) in [5, 5.41) is 12.6. The Morgan fingerprint density at radius 3 is 2.83 bits per heavy atom. The zero-order valence-corrected chi connectivity index (χ0v) is 13.9. The number of nitrogens with zero attached hydrogens (tertiary/aromatic N) is 1. The summed E-state index contributed by atoms with van der Waals surface area (Å²) in [5.74, 6) is -0.0915. The van der Waals surface area contributed by atoms with E-state index in [4.69, 9.17) is 0 Å². The van der Waals surface area contributed by atoms with Gasteiger partial charge in [0.05, 0.1) is 6.10 Å². The number of hydrogen-bond acceptors (Lipinski definition) is 3. The molecule has 23 heavy (non-hydrogen) atoms. The number of rotatable bonds is 5. The number of benzene rings is 1. The summed E-state index contributed by atoms with van der Waals surface area (Å²) < 4.78 is 0. The van der Waals surface area contributed by atoms with Crippen LogP contribution in [0.2, 0.25) is 0 Å². The Labute approximate surface area is 137 Å². The van der Waals surface area contributed by atoms with E-state index in [-0.39, 0.29) is 17.7 Å². The van der Waals surface area contributed by atoms with Gasteiger partial charge in [0.25, 0.3) is 11.8 Å². The van der Waals surface area contributed by atoms with Crippen LogP contribution in [-0.2, 0) is 0 Å². The van der Waals surface area contributed by atoms with Gasteiger partial charge in [-0.3, -0.25) is 9.59 Å². The summed E-state index contributed by atoms with van der Waals surface area (Å²) in [6.07, 6.45) is 2.31. The molecule has 1 heterocycles. The van der Waals surface area contributed by atoms with E-state index in [1.165, 1.54) is 0 Å². The van der Waals surface area contributed by atoms with Crippen molar-refractivity contribution >= 4 is 11.8 Å². The molecule has 1 fully saturated rings. The number of hydrogen-bond donors (Lipinski definition) is 2. The lowest BCUT2D eigenvalue weighted by Crippen LogP contribution is -2.43. The van der Waals surface area contributed by atoms with Crippen LogP contribution in [0.4, 0.5) is 0 Å². The van der Waals surface area contributed by atoms with Crippen molar-refractivity contribution in [2.24, 2.45) is 5.92 Å². The Morgan fingerprint density at radius 2 is 2.13 bits per heavy atom. The van der Waals surface area contributed by atoms with Crippen LogP contribution in [0.1, 0.15) is 53.8 Å². The van der Waals surface area contributed by atoms with Crippen LogP contribution < -0.4 is 5.32 Å². The molecule has 0 radical (unpaired) electrons.